The molecule has 260 valence electrons. The Kier molecular flexibility index (Phi) is 10.8. The Morgan fingerprint density at radius 3 is 2.02 bits per heavy atom. The Hall–Kier alpha value is -0.166. The average Bonchev–Trinajstić information content (AvgIpc) is 3.28. The smallest absolute Gasteiger partial charge is 0.192 e. The van der Waals surface area contributed by atoms with Crippen LogP contribution in [0.4, 0.5) is 0 Å². The van der Waals surface area contributed by atoms with Crippen LogP contribution in [0.5, 0.6) is 0 Å². The molecule has 3 fully saturated rings. The van der Waals surface area contributed by atoms with E-state index in [4.69, 9.17) is 8.85 Å². The van der Waals surface area contributed by atoms with Crippen molar-refractivity contribution >= 4 is 16.6 Å². The third kappa shape index (κ3) is 7.12. The summed E-state index contributed by atoms with van der Waals surface area (Å²) in [4.78, 5) is 0. The van der Waals surface area contributed by atoms with Crippen LogP contribution in [0.25, 0.3) is 0 Å². The van der Waals surface area contributed by atoms with E-state index in [2.05, 4.69) is 115 Å². The highest BCUT2D eigenvalue weighted by Crippen LogP contribution is 2.66. The van der Waals surface area contributed by atoms with E-state index in [0.717, 1.165) is 42.9 Å². The molecule has 0 heterocycles. The van der Waals surface area contributed by atoms with E-state index in [-0.39, 0.29) is 15.7 Å². The topological polar surface area (TPSA) is 18.5 Å². The van der Waals surface area contributed by atoms with Gasteiger partial charge >= 0.3 is 0 Å². The summed E-state index contributed by atoms with van der Waals surface area (Å²) >= 11 is 0. The van der Waals surface area contributed by atoms with Crippen molar-refractivity contribution in [2.45, 2.75) is 201 Å². The number of rotatable bonds is 11. The van der Waals surface area contributed by atoms with Gasteiger partial charge in [0, 0.05) is 6.10 Å². The van der Waals surface area contributed by atoms with Crippen LogP contribution in [0.2, 0.25) is 36.3 Å². The summed E-state index contributed by atoms with van der Waals surface area (Å²) in [6, 6.07) is 0. The van der Waals surface area contributed by atoms with Gasteiger partial charge in [-0.25, -0.2) is 0 Å². The van der Waals surface area contributed by atoms with Gasteiger partial charge in [-0.3, -0.25) is 0 Å². The molecule has 3 saturated carbocycles. The van der Waals surface area contributed by atoms with Gasteiger partial charge < -0.3 is 8.85 Å². The molecule has 0 saturated heterocycles. The largest absolute Gasteiger partial charge is 0.414 e. The summed E-state index contributed by atoms with van der Waals surface area (Å²) in [5.41, 5.74) is 4.41. The van der Waals surface area contributed by atoms with Gasteiger partial charge in [0.1, 0.15) is 0 Å². The van der Waals surface area contributed by atoms with Crippen molar-refractivity contribution in [3.8, 4) is 0 Å². The van der Waals surface area contributed by atoms with Crippen LogP contribution >= 0.6 is 0 Å². The van der Waals surface area contributed by atoms with Crippen LogP contribution in [0, 0.1) is 34.5 Å². The lowest BCUT2D eigenvalue weighted by atomic mass is 9.50. The van der Waals surface area contributed by atoms with Gasteiger partial charge in [0.2, 0.25) is 0 Å². The van der Waals surface area contributed by atoms with E-state index in [9.17, 15) is 0 Å². The highest BCUT2D eigenvalue weighted by atomic mass is 28.4. The Labute approximate surface area is 283 Å². The molecule has 0 spiro atoms. The Morgan fingerprint density at radius 2 is 1.44 bits per heavy atom. The maximum Gasteiger partial charge on any atom is 0.192 e. The Balaban J connectivity index is 1.43. The van der Waals surface area contributed by atoms with Gasteiger partial charge in [-0.05, 0) is 135 Å². The molecule has 7 atom stereocenters. The monoisotopic (exact) mass is 657 g/mol. The van der Waals surface area contributed by atoms with Crippen molar-refractivity contribution in [1.82, 2.24) is 0 Å². The minimum atomic E-state index is -1.79. The normalized spacial score (nSPS) is 33.6. The average molecular weight is 657 g/mol. The molecule has 0 amide bonds. The third-order valence-electron chi connectivity index (χ3n) is 15.4. The summed E-state index contributed by atoms with van der Waals surface area (Å²) in [6.45, 7) is 36.7. The lowest BCUT2D eigenvalue weighted by Crippen LogP contribution is -2.49. The van der Waals surface area contributed by atoms with Gasteiger partial charge in [-0.2, -0.15) is 0 Å². The van der Waals surface area contributed by atoms with E-state index in [1.165, 1.54) is 57.8 Å². The highest BCUT2D eigenvalue weighted by Gasteiger charge is 2.57. The summed E-state index contributed by atoms with van der Waals surface area (Å²) in [7, 11) is -3.54. The minimum Gasteiger partial charge on any atom is -0.414 e. The lowest BCUT2D eigenvalue weighted by molar-refractivity contribution is 0.0234. The van der Waals surface area contributed by atoms with Crippen LogP contribution < -0.4 is 0 Å². The van der Waals surface area contributed by atoms with Gasteiger partial charge in [0.25, 0.3) is 0 Å². The van der Waals surface area contributed by atoms with E-state index in [1.807, 2.05) is 5.57 Å². The molecule has 4 rings (SSSR count). The highest BCUT2D eigenvalue weighted by molar-refractivity contribution is 6.74. The predicted octanol–water partition coefficient (Wildman–Crippen LogP) is 13.3. The summed E-state index contributed by atoms with van der Waals surface area (Å²) in [5, 5.41) is 0.542. The molecular weight excluding hydrogens is 581 g/mol. The fourth-order valence-corrected chi connectivity index (χ4v) is 13.2. The standard InChI is InChI=1S/C41H76O2Si2/c1-16-41(17-2,43-45(14,15)38(7,8)9)26-18-19-30(3)34-22-23-35-33-21-20-31-29-32(42-44(12,13)37(4,5)6)24-27-39(31,10)36(33)25-28-40(34,35)11/h20-21,30,32,34-36H,16-19,22-29H2,1-15H3/t30-,32?,34+,35-,36-,39-,40+/m0/s1. The summed E-state index contributed by atoms with van der Waals surface area (Å²) in [5.74, 6) is 3.19. The fourth-order valence-electron chi connectivity index (χ4n) is 10.1. The molecule has 0 N–H and O–H groups in total. The Morgan fingerprint density at radius 1 is 0.822 bits per heavy atom. The number of hydrogen-bond donors (Lipinski definition) is 0. The van der Waals surface area contributed by atoms with Crippen molar-refractivity contribution in [2.24, 2.45) is 34.5 Å². The molecule has 0 aromatic rings. The van der Waals surface area contributed by atoms with E-state index in [1.54, 1.807) is 5.57 Å². The van der Waals surface area contributed by atoms with E-state index < -0.39 is 16.6 Å². The second kappa shape index (κ2) is 12.9. The van der Waals surface area contributed by atoms with Crippen molar-refractivity contribution in [1.29, 1.82) is 0 Å². The Bertz CT molecular complexity index is 1100. The molecule has 0 aliphatic heterocycles. The lowest BCUT2D eigenvalue weighted by Gasteiger charge is -2.56. The molecule has 0 bridgehead atoms. The quantitative estimate of drug-likeness (QED) is 0.206. The molecule has 0 aromatic heterocycles. The molecule has 2 nitrogen and oxygen atoms in total. The fraction of sp³-hybridized carbons (Fsp3) is 0.902. The van der Waals surface area contributed by atoms with E-state index >= 15 is 0 Å². The zero-order chi connectivity index (χ0) is 33.9. The number of fused-ring (bicyclic) bond motifs is 5. The molecule has 4 heteroatoms. The van der Waals surface area contributed by atoms with E-state index in [0.29, 0.717) is 16.9 Å². The zero-order valence-electron chi connectivity index (χ0n) is 32.8. The predicted molar refractivity (Wildman–Crippen MR) is 202 cm³/mol. The van der Waals surface area contributed by atoms with Gasteiger partial charge in [0.05, 0.1) is 5.60 Å². The molecule has 0 radical (unpaired) electrons. The van der Waals surface area contributed by atoms with Crippen LogP contribution in [0.1, 0.15) is 153 Å². The first-order chi connectivity index (χ1) is 20.6. The van der Waals surface area contributed by atoms with Crippen LogP contribution in [-0.2, 0) is 8.85 Å². The SMILES string of the molecule is CCC(CC)(CCC[C@H](C)[C@H]1CC[C@H]2C3=CC=C4CC(O[Si](C)(C)C(C)(C)C)CC[C@]4(C)[C@H]3CC[C@]12C)O[Si](C)(C)C(C)(C)C. The molecule has 45 heavy (non-hydrogen) atoms. The first-order valence-electron chi connectivity index (χ1n) is 19.3. The maximum atomic E-state index is 7.18. The van der Waals surface area contributed by atoms with Crippen LogP contribution in [-0.4, -0.2) is 28.3 Å². The second-order valence-electron chi connectivity index (χ2n) is 20.0. The summed E-state index contributed by atoms with van der Waals surface area (Å²) < 4.78 is 14.2. The molecule has 1 unspecified atom stereocenters. The van der Waals surface area contributed by atoms with Gasteiger partial charge in [-0.1, -0.05) is 112 Å². The van der Waals surface area contributed by atoms with Crippen molar-refractivity contribution in [3.05, 3.63) is 23.3 Å². The molecule has 0 aromatic carbocycles. The van der Waals surface area contributed by atoms with Gasteiger partial charge in [-0.15, -0.1) is 0 Å². The van der Waals surface area contributed by atoms with Crippen LogP contribution in [0.15, 0.2) is 23.3 Å². The maximum absolute atomic E-state index is 7.18. The minimum absolute atomic E-state index is 0.0595. The summed E-state index contributed by atoms with van der Waals surface area (Å²) in [6.07, 6.45) is 21.1. The first kappa shape index (κ1) is 37.6. The number of hydrogen-bond acceptors (Lipinski definition) is 2. The first-order valence-corrected chi connectivity index (χ1v) is 25.2. The number of allylic oxidation sites excluding steroid dienone is 3. The van der Waals surface area contributed by atoms with Crippen molar-refractivity contribution in [3.63, 3.8) is 0 Å². The van der Waals surface area contributed by atoms with Gasteiger partial charge in [0.15, 0.2) is 16.6 Å². The third-order valence-corrected chi connectivity index (χ3v) is 24.5. The zero-order valence-corrected chi connectivity index (χ0v) is 34.8. The second-order valence-corrected chi connectivity index (χ2v) is 29.5. The molecular formula is C41H76O2Si2. The molecule has 4 aliphatic rings. The van der Waals surface area contributed by atoms with Crippen LogP contribution in [0.3, 0.4) is 0 Å². The van der Waals surface area contributed by atoms with Crippen molar-refractivity contribution in [2.75, 3.05) is 0 Å². The molecule has 4 aliphatic carbocycles. The van der Waals surface area contributed by atoms with Crippen molar-refractivity contribution < 1.29 is 8.85 Å².